The minimum atomic E-state index is 0.574. The van der Waals surface area contributed by atoms with Crippen molar-refractivity contribution < 1.29 is 4.42 Å². The van der Waals surface area contributed by atoms with Crippen LogP contribution in [-0.2, 0) is 0 Å². The van der Waals surface area contributed by atoms with Gasteiger partial charge in [0.2, 0.25) is 0 Å². The van der Waals surface area contributed by atoms with E-state index in [-0.39, 0.29) is 0 Å². The number of aromatic nitrogens is 4. The molecule has 0 aliphatic carbocycles. The Morgan fingerprint density at radius 2 is 0.818 bits per heavy atom. The number of nitrogens with zero attached hydrogens (tertiary/aromatic N) is 4. The Balaban J connectivity index is 1.09. The van der Waals surface area contributed by atoms with Crippen molar-refractivity contribution in [2.75, 3.05) is 0 Å². The minimum Gasteiger partial charge on any atom is -0.453 e. The maximum Gasteiger partial charge on any atom is 0.164 e. The summed E-state index contributed by atoms with van der Waals surface area (Å²) in [6.45, 7) is 0. The van der Waals surface area contributed by atoms with Gasteiger partial charge < -0.3 is 8.98 Å². The first kappa shape index (κ1) is 36.5. The van der Waals surface area contributed by atoms with Crippen LogP contribution in [0.15, 0.2) is 223 Å². The zero-order valence-corrected chi connectivity index (χ0v) is 35.5. The Labute approximate surface area is 378 Å². The largest absolute Gasteiger partial charge is 0.453 e. The van der Waals surface area contributed by atoms with Gasteiger partial charge in [-0.3, -0.25) is 0 Å². The first-order chi connectivity index (χ1) is 32.7. The third-order valence-corrected chi connectivity index (χ3v) is 13.4. The molecule has 0 atom stereocenters. The van der Waals surface area contributed by atoms with Crippen LogP contribution in [0.3, 0.4) is 0 Å². The Kier molecular flexibility index (Phi) is 7.91. The molecule has 0 radical (unpaired) electrons. The van der Waals surface area contributed by atoms with Crippen LogP contribution in [0.1, 0.15) is 0 Å². The molecule has 66 heavy (non-hydrogen) atoms. The van der Waals surface area contributed by atoms with E-state index in [1.807, 2.05) is 6.07 Å². The fourth-order valence-electron chi connectivity index (χ4n) is 10.1. The number of rotatable bonds is 5. The van der Waals surface area contributed by atoms with Crippen LogP contribution >= 0.6 is 0 Å². The zero-order chi connectivity index (χ0) is 43.3. The Morgan fingerprint density at radius 1 is 0.288 bits per heavy atom. The smallest absolute Gasteiger partial charge is 0.164 e. The van der Waals surface area contributed by atoms with E-state index in [0.29, 0.717) is 17.5 Å². The molecule has 3 aromatic heterocycles. The molecule has 0 aliphatic rings. The first-order valence-electron chi connectivity index (χ1n) is 22.3. The summed E-state index contributed by atoms with van der Waals surface area (Å²) in [7, 11) is 0. The summed E-state index contributed by atoms with van der Waals surface area (Å²) in [5.41, 5.74) is 9.74. The van der Waals surface area contributed by atoms with Crippen molar-refractivity contribution in [2.24, 2.45) is 0 Å². The molecule has 5 heteroatoms. The van der Waals surface area contributed by atoms with Crippen molar-refractivity contribution in [2.45, 2.75) is 0 Å². The molecule has 0 N–H and O–H groups in total. The highest BCUT2D eigenvalue weighted by molar-refractivity contribution is 6.23. The Bertz CT molecular complexity index is 4280. The second-order valence-corrected chi connectivity index (χ2v) is 17.2. The molecule has 0 saturated carbocycles. The van der Waals surface area contributed by atoms with E-state index in [9.17, 15) is 0 Å². The third kappa shape index (κ3) is 5.70. The summed E-state index contributed by atoms with van der Waals surface area (Å²) in [5.74, 6) is 1.78. The van der Waals surface area contributed by atoms with Gasteiger partial charge in [0.1, 0.15) is 5.58 Å². The summed E-state index contributed by atoms with van der Waals surface area (Å²) in [4.78, 5) is 15.9. The molecule has 0 aliphatic heterocycles. The van der Waals surface area contributed by atoms with E-state index in [2.05, 4.69) is 217 Å². The van der Waals surface area contributed by atoms with E-state index in [0.717, 1.165) is 93.4 Å². The number of hydrogen-bond donors (Lipinski definition) is 0. The maximum absolute atomic E-state index is 7.21. The molecule has 0 saturated heterocycles. The molecule has 0 amide bonds. The Hall–Kier alpha value is -8.93. The molecule has 14 rings (SSSR count). The fraction of sp³-hybridized carbons (Fsp3) is 0. The van der Waals surface area contributed by atoms with Gasteiger partial charge >= 0.3 is 0 Å². The number of furan rings is 1. The molecular weight excluding hydrogens is 805 g/mol. The lowest BCUT2D eigenvalue weighted by molar-refractivity contribution is 0.670. The predicted molar refractivity (Wildman–Crippen MR) is 273 cm³/mol. The van der Waals surface area contributed by atoms with Gasteiger partial charge in [0.25, 0.3) is 0 Å². The van der Waals surface area contributed by atoms with Crippen molar-refractivity contribution >= 4 is 86.8 Å². The summed E-state index contributed by atoms with van der Waals surface area (Å²) in [5, 5.41) is 13.5. The van der Waals surface area contributed by atoms with Crippen molar-refractivity contribution in [3.63, 3.8) is 0 Å². The maximum atomic E-state index is 7.21. The van der Waals surface area contributed by atoms with E-state index in [1.54, 1.807) is 0 Å². The topological polar surface area (TPSA) is 56.7 Å². The molecule has 0 unspecified atom stereocenters. The van der Waals surface area contributed by atoms with Crippen LogP contribution in [0.5, 0.6) is 0 Å². The summed E-state index contributed by atoms with van der Waals surface area (Å²) in [6, 6.07) is 77.5. The molecule has 0 spiro atoms. The minimum absolute atomic E-state index is 0.574. The average molecular weight is 841 g/mol. The highest BCUT2D eigenvalue weighted by Gasteiger charge is 2.24. The number of hydrogen-bond acceptors (Lipinski definition) is 4. The second kappa shape index (κ2) is 14.3. The van der Waals surface area contributed by atoms with Gasteiger partial charge in [-0.1, -0.05) is 182 Å². The molecule has 14 aromatic rings. The normalized spacial score (nSPS) is 11.9. The highest BCUT2D eigenvalue weighted by atomic mass is 16.3. The monoisotopic (exact) mass is 840 g/mol. The van der Waals surface area contributed by atoms with Crippen LogP contribution in [0.4, 0.5) is 0 Å². The van der Waals surface area contributed by atoms with Gasteiger partial charge in [-0.25, -0.2) is 15.0 Å². The molecule has 5 nitrogen and oxygen atoms in total. The molecule has 306 valence electrons. The summed E-state index contributed by atoms with van der Waals surface area (Å²) in [6.07, 6.45) is 0. The second-order valence-electron chi connectivity index (χ2n) is 17.2. The van der Waals surface area contributed by atoms with Crippen molar-refractivity contribution in [3.8, 4) is 51.0 Å². The lowest BCUT2D eigenvalue weighted by Gasteiger charge is -2.14. The van der Waals surface area contributed by atoms with E-state index in [1.165, 1.54) is 26.9 Å². The molecule has 0 fully saturated rings. The van der Waals surface area contributed by atoms with Gasteiger partial charge in [0.05, 0.1) is 16.7 Å². The van der Waals surface area contributed by atoms with Gasteiger partial charge in [-0.15, -0.1) is 0 Å². The standard InChI is InChI=1S/C61H36N4O/c1-2-12-37(13-3-1)39-22-25-42(26-23-39)59-62-60(46-27-24-38-14-4-5-17-43(38)32-46)64-61(63-59)47-34-53-51-31-29-41-16-9-11-21-49(41)57(51)66-58(53)55(36-47)65-54-35-45-19-7-6-18-44(45)33-52(54)50-30-28-40-15-8-10-20-48(40)56(50)65/h1-36H. The van der Waals surface area contributed by atoms with Gasteiger partial charge in [-0.05, 0) is 79.8 Å². The van der Waals surface area contributed by atoms with Crippen LogP contribution in [0, 0.1) is 0 Å². The summed E-state index contributed by atoms with van der Waals surface area (Å²) < 4.78 is 9.63. The van der Waals surface area contributed by atoms with E-state index in [4.69, 9.17) is 19.4 Å². The van der Waals surface area contributed by atoms with E-state index < -0.39 is 0 Å². The number of benzene rings is 11. The molecule has 3 heterocycles. The van der Waals surface area contributed by atoms with Crippen LogP contribution in [0.25, 0.3) is 138 Å². The lowest BCUT2D eigenvalue weighted by atomic mass is 10.0. The van der Waals surface area contributed by atoms with Crippen LogP contribution in [-0.4, -0.2) is 19.5 Å². The number of fused-ring (bicyclic) bond motifs is 12. The zero-order valence-electron chi connectivity index (χ0n) is 35.5. The molecule has 11 aromatic carbocycles. The van der Waals surface area contributed by atoms with Crippen LogP contribution in [0.2, 0.25) is 0 Å². The van der Waals surface area contributed by atoms with Gasteiger partial charge in [0, 0.05) is 49.0 Å². The lowest BCUT2D eigenvalue weighted by Crippen LogP contribution is -2.02. The summed E-state index contributed by atoms with van der Waals surface area (Å²) >= 11 is 0. The van der Waals surface area contributed by atoms with Crippen molar-refractivity contribution in [3.05, 3.63) is 218 Å². The van der Waals surface area contributed by atoms with Crippen LogP contribution < -0.4 is 0 Å². The van der Waals surface area contributed by atoms with Crippen molar-refractivity contribution in [1.29, 1.82) is 0 Å². The van der Waals surface area contributed by atoms with Gasteiger partial charge in [-0.2, -0.15) is 0 Å². The fourth-order valence-corrected chi connectivity index (χ4v) is 10.1. The Morgan fingerprint density at radius 3 is 1.58 bits per heavy atom. The average Bonchev–Trinajstić information content (AvgIpc) is 3.93. The first-order valence-corrected chi connectivity index (χ1v) is 22.3. The van der Waals surface area contributed by atoms with Gasteiger partial charge in [0.15, 0.2) is 23.1 Å². The van der Waals surface area contributed by atoms with Crippen molar-refractivity contribution in [1.82, 2.24) is 19.5 Å². The third-order valence-electron chi connectivity index (χ3n) is 13.4. The quantitative estimate of drug-likeness (QED) is 0.173. The molecular formula is C61H36N4O. The highest BCUT2D eigenvalue weighted by Crippen LogP contribution is 2.44. The molecule has 0 bridgehead atoms. The predicted octanol–water partition coefficient (Wildman–Crippen LogP) is 16.1. The van der Waals surface area contributed by atoms with E-state index >= 15 is 0 Å². The SMILES string of the molecule is c1ccc(-c2ccc(-c3nc(-c4ccc5ccccc5c4)nc(-c4cc(-n5c6cc7ccccc7cc6c6ccc7ccccc7c65)c5oc6c7ccccc7ccc6c5c4)n3)cc2)cc1.